The fourth-order valence-electron chi connectivity index (χ4n) is 3.05. The molecule has 3 rings (SSSR count). The number of benzene rings is 2. The Bertz CT molecular complexity index is 668. The van der Waals surface area contributed by atoms with Crippen LogP contribution >= 0.6 is 0 Å². The monoisotopic (exact) mass is 357 g/mol. The summed E-state index contributed by atoms with van der Waals surface area (Å²) in [5, 5.41) is 10.2. The van der Waals surface area contributed by atoms with Crippen LogP contribution in [0, 0.1) is 0 Å². The molecule has 5 nitrogen and oxygen atoms in total. The van der Waals surface area contributed by atoms with Crippen molar-refractivity contribution in [2.75, 3.05) is 40.1 Å². The summed E-state index contributed by atoms with van der Waals surface area (Å²) < 4.78 is 16.4. The third-order valence-corrected chi connectivity index (χ3v) is 4.54. The van der Waals surface area contributed by atoms with E-state index in [1.165, 1.54) is 5.56 Å². The second-order valence-electron chi connectivity index (χ2n) is 6.53. The normalized spacial score (nSPS) is 15.8. The molecule has 1 aliphatic heterocycles. The van der Waals surface area contributed by atoms with Crippen molar-refractivity contribution < 1.29 is 19.3 Å². The van der Waals surface area contributed by atoms with Gasteiger partial charge in [0, 0.05) is 13.1 Å². The van der Waals surface area contributed by atoms with Crippen LogP contribution in [0.15, 0.2) is 48.5 Å². The molecule has 1 heterocycles. The van der Waals surface area contributed by atoms with Crippen LogP contribution in [0.3, 0.4) is 0 Å². The van der Waals surface area contributed by atoms with Gasteiger partial charge in [0.15, 0.2) is 0 Å². The average Bonchev–Trinajstić information content (AvgIpc) is 3.18. The number of aryl methyl sites for hydroxylation is 2. The van der Waals surface area contributed by atoms with Gasteiger partial charge in [0.25, 0.3) is 0 Å². The van der Waals surface area contributed by atoms with E-state index in [-0.39, 0.29) is 6.61 Å². The minimum absolute atomic E-state index is 0.288. The third kappa shape index (κ3) is 5.46. The second-order valence-corrected chi connectivity index (χ2v) is 6.53. The van der Waals surface area contributed by atoms with Gasteiger partial charge in [0.2, 0.25) is 0 Å². The van der Waals surface area contributed by atoms with Crippen LogP contribution in [-0.2, 0) is 17.6 Å². The van der Waals surface area contributed by atoms with Crippen molar-refractivity contribution in [3.8, 4) is 11.5 Å². The number of hydrogen-bond acceptors (Lipinski definition) is 5. The first-order chi connectivity index (χ1) is 12.7. The van der Waals surface area contributed by atoms with Crippen molar-refractivity contribution in [1.82, 2.24) is 4.90 Å². The maximum absolute atomic E-state index is 10.2. The van der Waals surface area contributed by atoms with Crippen molar-refractivity contribution in [3.05, 3.63) is 59.7 Å². The maximum atomic E-state index is 10.2. The summed E-state index contributed by atoms with van der Waals surface area (Å²) in [6, 6.07) is 16.2. The van der Waals surface area contributed by atoms with Gasteiger partial charge < -0.3 is 19.3 Å². The Balaban J connectivity index is 1.51. The smallest absolute Gasteiger partial charge is 0.122 e. The molecular weight excluding hydrogens is 330 g/mol. The molecule has 0 bridgehead atoms. The van der Waals surface area contributed by atoms with Gasteiger partial charge >= 0.3 is 0 Å². The quantitative estimate of drug-likeness (QED) is 0.747. The van der Waals surface area contributed by atoms with E-state index in [9.17, 15) is 5.11 Å². The fourth-order valence-corrected chi connectivity index (χ4v) is 3.05. The molecule has 140 valence electrons. The van der Waals surface area contributed by atoms with Crippen LogP contribution in [0.1, 0.15) is 11.1 Å². The van der Waals surface area contributed by atoms with Crippen LogP contribution in [0.4, 0.5) is 0 Å². The highest BCUT2D eigenvalue weighted by Crippen LogP contribution is 2.21. The maximum Gasteiger partial charge on any atom is 0.122 e. The molecule has 0 aliphatic carbocycles. The topological polar surface area (TPSA) is 51.2 Å². The van der Waals surface area contributed by atoms with Gasteiger partial charge in [-0.2, -0.15) is 0 Å². The van der Waals surface area contributed by atoms with Crippen molar-refractivity contribution in [1.29, 1.82) is 0 Å². The number of para-hydroxylation sites is 1. The number of rotatable bonds is 9. The fraction of sp³-hybridized carbons (Fsp3) is 0.429. The van der Waals surface area contributed by atoms with Crippen LogP contribution in [0.2, 0.25) is 0 Å². The highest BCUT2D eigenvalue weighted by atomic mass is 16.5. The Morgan fingerprint density at radius 1 is 1.12 bits per heavy atom. The lowest BCUT2D eigenvalue weighted by Crippen LogP contribution is -2.34. The van der Waals surface area contributed by atoms with Crippen molar-refractivity contribution in [3.63, 3.8) is 0 Å². The molecule has 2 aromatic rings. The van der Waals surface area contributed by atoms with Gasteiger partial charge in [-0.25, -0.2) is 0 Å². The van der Waals surface area contributed by atoms with Crippen molar-refractivity contribution >= 4 is 0 Å². The predicted octanol–water partition coefficient (Wildman–Crippen LogP) is 2.51. The summed E-state index contributed by atoms with van der Waals surface area (Å²) in [6.07, 6.45) is 1.29. The molecule has 26 heavy (non-hydrogen) atoms. The Morgan fingerprint density at radius 3 is 2.65 bits per heavy atom. The molecule has 0 amide bonds. The molecule has 1 unspecified atom stereocenters. The Labute approximate surface area is 155 Å². The number of aliphatic hydroxyl groups is 1. The van der Waals surface area contributed by atoms with Crippen molar-refractivity contribution in [2.45, 2.75) is 18.9 Å². The summed E-state index contributed by atoms with van der Waals surface area (Å²) in [4.78, 5) is 2.09. The molecule has 1 atom stereocenters. The molecule has 2 aromatic carbocycles. The lowest BCUT2D eigenvalue weighted by atomic mass is 10.0. The first-order valence-corrected chi connectivity index (χ1v) is 9.06. The third-order valence-electron chi connectivity index (χ3n) is 4.54. The van der Waals surface area contributed by atoms with Gasteiger partial charge in [0.05, 0.1) is 20.4 Å². The number of β-amino-alcohol motifs (C(OH)–C–C–N with tert-alkyl or cyclic N) is 1. The van der Waals surface area contributed by atoms with Gasteiger partial charge in [-0.15, -0.1) is 0 Å². The zero-order chi connectivity index (χ0) is 18.2. The van der Waals surface area contributed by atoms with Gasteiger partial charge in [-0.1, -0.05) is 30.3 Å². The summed E-state index contributed by atoms with van der Waals surface area (Å²) in [7, 11) is 1.67. The van der Waals surface area contributed by atoms with Crippen LogP contribution in [-0.4, -0.2) is 56.3 Å². The van der Waals surface area contributed by atoms with E-state index in [4.69, 9.17) is 14.2 Å². The second kappa shape index (κ2) is 9.57. The summed E-state index contributed by atoms with van der Waals surface area (Å²) in [5.74, 6) is 1.72. The Morgan fingerprint density at radius 2 is 1.92 bits per heavy atom. The molecule has 1 fully saturated rings. The summed E-state index contributed by atoms with van der Waals surface area (Å²) in [6.45, 7) is 3.07. The van der Waals surface area contributed by atoms with E-state index in [0.717, 1.165) is 43.1 Å². The lowest BCUT2D eigenvalue weighted by molar-refractivity contribution is 0.0565. The molecule has 0 spiro atoms. The van der Waals surface area contributed by atoms with E-state index in [1.54, 1.807) is 7.11 Å². The lowest BCUT2D eigenvalue weighted by Gasteiger charge is -2.19. The van der Waals surface area contributed by atoms with Gasteiger partial charge in [-0.3, -0.25) is 4.90 Å². The van der Waals surface area contributed by atoms with E-state index < -0.39 is 6.10 Å². The number of aliphatic hydroxyl groups excluding tert-OH is 1. The molecule has 1 aliphatic rings. The first-order valence-electron chi connectivity index (χ1n) is 9.06. The molecule has 1 N–H and O–H groups in total. The van der Waals surface area contributed by atoms with Crippen LogP contribution in [0.5, 0.6) is 11.5 Å². The van der Waals surface area contributed by atoms with Gasteiger partial charge in [-0.05, 0) is 42.2 Å². The van der Waals surface area contributed by atoms with Crippen LogP contribution < -0.4 is 9.47 Å². The summed E-state index contributed by atoms with van der Waals surface area (Å²) in [5.41, 5.74) is 2.41. The zero-order valence-electron chi connectivity index (χ0n) is 15.3. The Kier molecular flexibility index (Phi) is 6.89. The SMILES string of the molecule is COc1ccc(CCc2ccccc2OCC(O)CN2CCOC2)cc1. The highest BCUT2D eigenvalue weighted by molar-refractivity contribution is 5.35. The number of methoxy groups -OCH3 is 1. The van der Waals surface area contributed by atoms with Crippen LogP contribution in [0.25, 0.3) is 0 Å². The van der Waals surface area contributed by atoms with Gasteiger partial charge in [0.1, 0.15) is 24.2 Å². The Hall–Kier alpha value is -2.08. The standard InChI is InChI=1S/C21H27NO4/c1-24-20-10-7-17(8-11-20)6-9-18-4-2-3-5-21(18)26-15-19(23)14-22-12-13-25-16-22/h2-5,7-8,10-11,19,23H,6,9,12-16H2,1H3. The molecule has 0 radical (unpaired) electrons. The van der Waals surface area contributed by atoms with E-state index in [2.05, 4.69) is 23.1 Å². The molecular formula is C21H27NO4. The van der Waals surface area contributed by atoms with E-state index >= 15 is 0 Å². The minimum atomic E-state index is -0.522. The molecule has 0 saturated carbocycles. The number of nitrogens with zero attached hydrogens (tertiary/aromatic N) is 1. The average molecular weight is 357 g/mol. The first kappa shape index (κ1) is 18.7. The molecule has 0 aromatic heterocycles. The largest absolute Gasteiger partial charge is 0.497 e. The molecule has 1 saturated heterocycles. The van der Waals surface area contributed by atoms with Crippen molar-refractivity contribution in [2.24, 2.45) is 0 Å². The molecule has 5 heteroatoms. The number of ether oxygens (including phenoxy) is 3. The minimum Gasteiger partial charge on any atom is -0.497 e. The highest BCUT2D eigenvalue weighted by Gasteiger charge is 2.17. The van der Waals surface area contributed by atoms with E-state index in [0.29, 0.717) is 13.3 Å². The number of hydrogen-bond donors (Lipinski definition) is 1. The zero-order valence-corrected chi connectivity index (χ0v) is 15.3. The summed E-state index contributed by atoms with van der Waals surface area (Å²) >= 11 is 0. The van der Waals surface area contributed by atoms with E-state index in [1.807, 2.05) is 30.3 Å². The predicted molar refractivity (Wildman–Crippen MR) is 101 cm³/mol.